The molecule has 21 heavy (non-hydrogen) atoms. The van der Waals surface area contributed by atoms with Gasteiger partial charge in [-0.3, -0.25) is 4.79 Å². The molecule has 0 aromatic heterocycles. The van der Waals surface area contributed by atoms with E-state index >= 15 is 0 Å². The maximum Gasteiger partial charge on any atom is 0.328 e. The van der Waals surface area contributed by atoms with E-state index in [1.807, 2.05) is 32.9 Å². The van der Waals surface area contributed by atoms with Gasteiger partial charge in [-0.15, -0.1) is 0 Å². The Morgan fingerprint density at radius 3 is 2.33 bits per heavy atom. The predicted molar refractivity (Wildman–Crippen MR) is 78.1 cm³/mol. The number of amides is 1. The molecular weight excluding hydrogens is 270 g/mol. The van der Waals surface area contributed by atoms with Crippen LogP contribution in [0.15, 0.2) is 12.1 Å². The normalized spacial score (nSPS) is 21.5. The van der Waals surface area contributed by atoms with Gasteiger partial charge >= 0.3 is 5.97 Å². The van der Waals surface area contributed by atoms with Gasteiger partial charge in [0.1, 0.15) is 6.04 Å². The van der Waals surface area contributed by atoms with E-state index in [4.69, 9.17) is 4.74 Å². The number of ether oxygens (including phenoxy) is 1. The van der Waals surface area contributed by atoms with Crippen molar-refractivity contribution in [1.82, 2.24) is 4.90 Å². The maximum atomic E-state index is 12.8. The standard InChI is InChI=1S/C16H21NO4/c1-9-5-10(2)14(11(3)6-9)15(19)17-8-12(18)7-13(17)16(20)21-4/h5-6,12-13,18H,7-8H2,1-4H3. The number of hydrogen-bond acceptors (Lipinski definition) is 4. The van der Waals surface area contributed by atoms with Crippen molar-refractivity contribution < 1.29 is 19.4 Å². The number of methoxy groups -OCH3 is 1. The molecule has 1 saturated heterocycles. The maximum absolute atomic E-state index is 12.8. The minimum absolute atomic E-state index is 0.158. The number of β-amino-alcohol motifs (C(OH)–C–C–N with tert-alkyl or cyclic N) is 1. The average molecular weight is 291 g/mol. The lowest BCUT2D eigenvalue weighted by Crippen LogP contribution is -2.41. The number of carbonyl (C=O) groups excluding carboxylic acids is 2. The molecule has 1 fully saturated rings. The molecule has 1 amide bonds. The molecular formula is C16H21NO4. The third kappa shape index (κ3) is 2.93. The first-order valence-corrected chi connectivity index (χ1v) is 6.99. The van der Waals surface area contributed by atoms with Crippen LogP contribution in [0.1, 0.15) is 33.5 Å². The Bertz CT molecular complexity index is 559. The van der Waals surface area contributed by atoms with Crippen LogP contribution in [0.5, 0.6) is 0 Å². The van der Waals surface area contributed by atoms with Gasteiger partial charge in [0, 0.05) is 18.5 Å². The van der Waals surface area contributed by atoms with Crippen molar-refractivity contribution in [2.75, 3.05) is 13.7 Å². The van der Waals surface area contributed by atoms with E-state index in [0.29, 0.717) is 5.56 Å². The number of benzene rings is 1. The average Bonchev–Trinajstić information content (AvgIpc) is 2.78. The summed E-state index contributed by atoms with van der Waals surface area (Å²) in [4.78, 5) is 26.0. The van der Waals surface area contributed by atoms with Crippen LogP contribution >= 0.6 is 0 Å². The second-order valence-corrected chi connectivity index (χ2v) is 5.66. The molecule has 0 spiro atoms. The summed E-state index contributed by atoms with van der Waals surface area (Å²) in [5, 5.41) is 9.79. The van der Waals surface area contributed by atoms with Crippen LogP contribution in [0.25, 0.3) is 0 Å². The number of carbonyl (C=O) groups is 2. The molecule has 1 aromatic carbocycles. The Morgan fingerprint density at radius 2 is 1.81 bits per heavy atom. The molecule has 0 saturated carbocycles. The Hall–Kier alpha value is -1.88. The number of aliphatic hydroxyl groups excluding tert-OH is 1. The van der Waals surface area contributed by atoms with Crippen molar-refractivity contribution in [2.45, 2.75) is 39.3 Å². The molecule has 0 radical (unpaired) electrons. The SMILES string of the molecule is COC(=O)C1CC(O)CN1C(=O)c1c(C)cc(C)cc1C. The molecule has 0 bridgehead atoms. The number of nitrogens with zero attached hydrogens (tertiary/aromatic N) is 1. The van der Waals surface area contributed by atoms with Crippen LogP contribution in [-0.2, 0) is 9.53 Å². The van der Waals surface area contributed by atoms with Gasteiger partial charge in [0.15, 0.2) is 0 Å². The van der Waals surface area contributed by atoms with Crippen molar-refractivity contribution in [3.8, 4) is 0 Å². The molecule has 114 valence electrons. The quantitative estimate of drug-likeness (QED) is 0.836. The fourth-order valence-corrected chi connectivity index (χ4v) is 3.06. The van der Waals surface area contributed by atoms with Crippen LogP contribution < -0.4 is 0 Å². The zero-order valence-electron chi connectivity index (χ0n) is 12.8. The van der Waals surface area contributed by atoms with Gasteiger partial charge in [-0.1, -0.05) is 17.7 Å². The summed E-state index contributed by atoms with van der Waals surface area (Å²) in [6.07, 6.45) is -0.466. The molecule has 1 aliphatic rings. The number of hydrogen-bond donors (Lipinski definition) is 1. The van der Waals surface area contributed by atoms with E-state index in [2.05, 4.69) is 0 Å². The van der Waals surface area contributed by atoms with Gasteiger partial charge in [-0.2, -0.15) is 0 Å². The van der Waals surface area contributed by atoms with Crippen LogP contribution in [0.2, 0.25) is 0 Å². The summed E-state index contributed by atoms with van der Waals surface area (Å²) < 4.78 is 4.73. The van der Waals surface area contributed by atoms with Gasteiger partial charge in [0.25, 0.3) is 5.91 Å². The van der Waals surface area contributed by atoms with Crippen molar-refractivity contribution in [1.29, 1.82) is 0 Å². The second kappa shape index (κ2) is 5.85. The Morgan fingerprint density at radius 1 is 1.24 bits per heavy atom. The largest absolute Gasteiger partial charge is 0.467 e. The summed E-state index contributed by atoms with van der Waals surface area (Å²) >= 11 is 0. The summed E-state index contributed by atoms with van der Waals surface area (Å²) in [6.45, 7) is 5.90. The highest BCUT2D eigenvalue weighted by Crippen LogP contribution is 2.25. The van der Waals surface area contributed by atoms with Gasteiger partial charge in [-0.05, 0) is 31.9 Å². The molecule has 0 aliphatic carbocycles. The second-order valence-electron chi connectivity index (χ2n) is 5.66. The van der Waals surface area contributed by atoms with Crippen molar-refractivity contribution in [3.05, 3.63) is 34.4 Å². The minimum atomic E-state index is -0.711. The molecule has 1 heterocycles. The van der Waals surface area contributed by atoms with E-state index < -0.39 is 18.1 Å². The zero-order chi connectivity index (χ0) is 15.7. The number of aryl methyl sites for hydroxylation is 3. The Balaban J connectivity index is 2.37. The predicted octanol–water partition coefficient (Wildman–Crippen LogP) is 1.36. The summed E-state index contributed by atoms with van der Waals surface area (Å²) in [5.74, 6) is -0.709. The molecule has 1 aromatic rings. The molecule has 1 N–H and O–H groups in total. The zero-order valence-corrected chi connectivity index (χ0v) is 12.8. The van der Waals surface area contributed by atoms with Gasteiger partial charge in [0.2, 0.25) is 0 Å². The lowest BCUT2D eigenvalue weighted by Gasteiger charge is -2.24. The molecule has 1 aliphatic heterocycles. The highest BCUT2D eigenvalue weighted by Gasteiger charge is 2.40. The van der Waals surface area contributed by atoms with Crippen molar-refractivity contribution in [2.24, 2.45) is 0 Å². The molecule has 2 atom stereocenters. The fraction of sp³-hybridized carbons (Fsp3) is 0.500. The van der Waals surface area contributed by atoms with E-state index in [1.54, 1.807) is 0 Å². The number of rotatable bonds is 2. The van der Waals surface area contributed by atoms with Crippen molar-refractivity contribution in [3.63, 3.8) is 0 Å². The first kappa shape index (κ1) is 15.5. The Labute approximate surface area is 124 Å². The minimum Gasteiger partial charge on any atom is -0.467 e. The summed E-state index contributed by atoms with van der Waals surface area (Å²) in [7, 11) is 1.29. The third-order valence-corrected chi connectivity index (χ3v) is 3.90. The molecule has 5 heteroatoms. The van der Waals surface area contributed by atoms with E-state index in [0.717, 1.165) is 16.7 Å². The lowest BCUT2D eigenvalue weighted by molar-refractivity contribution is -0.145. The van der Waals surface area contributed by atoms with Crippen LogP contribution in [-0.4, -0.2) is 47.7 Å². The summed E-state index contributed by atoms with van der Waals surface area (Å²) in [6, 6.07) is 3.18. The monoisotopic (exact) mass is 291 g/mol. The van der Waals surface area contributed by atoms with Gasteiger partial charge in [0.05, 0.1) is 13.2 Å². The van der Waals surface area contributed by atoms with Crippen LogP contribution in [0, 0.1) is 20.8 Å². The first-order chi connectivity index (χ1) is 9.85. The number of likely N-dealkylation sites (tertiary alicyclic amines) is 1. The number of esters is 1. The molecule has 2 unspecified atom stereocenters. The Kier molecular flexibility index (Phi) is 4.32. The topological polar surface area (TPSA) is 66.8 Å². The van der Waals surface area contributed by atoms with E-state index in [9.17, 15) is 14.7 Å². The highest BCUT2D eigenvalue weighted by molar-refractivity contribution is 5.99. The van der Waals surface area contributed by atoms with Crippen LogP contribution in [0.4, 0.5) is 0 Å². The van der Waals surface area contributed by atoms with Gasteiger partial charge < -0.3 is 14.7 Å². The summed E-state index contributed by atoms with van der Waals surface area (Å²) in [5.41, 5.74) is 3.45. The van der Waals surface area contributed by atoms with E-state index in [1.165, 1.54) is 12.0 Å². The van der Waals surface area contributed by atoms with Crippen molar-refractivity contribution >= 4 is 11.9 Å². The first-order valence-electron chi connectivity index (χ1n) is 6.99. The molecule has 5 nitrogen and oxygen atoms in total. The van der Waals surface area contributed by atoms with Crippen LogP contribution in [0.3, 0.4) is 0 Å². The van der Waals surface area contributed by atoms with Gasteiger partial charge in [-0.25, -0.2) is 4.79 Å². The molecule has 2 rings (SSSR count). The van der Waals surface area contributed by atoms with E-state index in [-0.39, 0.29) is 18.9 Å². The number of aliphatic hydroxyl groups is 1. The highest BCUT2D eigenvalue weighted by atomic mass is 16.5. The third-order valence-electron chi connectivity index (χ3n) is 3.90. The fourth-order valence-electron chi connectivity index (χ4n) is 3.06. The smallest absolute Gasteiger partial charge is 0.328 e. The lowest BCUT2D eigenvalue weighted by atomic mass is 9.98.